The number of carbonyl (C=O) groups is 2. The molecule has 1 amide bonds. The maximum Gasteiger partial charge on any atom is 0.422 e. The summed E-state index contributed by atoms with van der Waals surface area (Å²) in [7, 11) is 0. The second kappa shape index (κ2) is 7.58. The Labute approximate surface area is 154 Å². The van der Waals surface area contributed by atoms with E-state index in [1.807, 2.05) is 49.4 Å². The number of alkyl halides is 3. The Morgan fingerprint density at radius 1 is 1.11 bits per heavy atom. The lowest BCUT2D eigenvalue weighted by Gasteiger charge is -2.38. The molecule has 0 radical (unpaired) electrons. The first-order chi connectivity index (χ1) is 12.7. The molecule has 27 heavy (non-hydrogen) atoms. The molecule has 1 heterocycles. The number of benzene rings is 2. The smallest absolute Gasteiger partial charge is 0.422 e. The van der Waals surface area contributed by atoms with Crippen LogP contribution in [0.5, 0.6) is 0 Å². The first-order valence-electron chi connectivity index (χ1n) is 8.78. The van der Waals surface area contributed by atoms with Crippen LogP contribution in [-0.2, 0) is 14.3 Å². The van der Waals surface area contributed by atoms with Gasteiger partial charge in [-0.2, -0.15) is 13.2 Å². The molecule has 7 heteroatoms. The summed E-state index contributed by atoms with van der Waals surface area (Å²) in [6.07, 6.45) is -3.17. The molecule has 2 atom stereocenters. The van der Waals surface area contributed by atoms with E-state index in [-0.39, 0.29) is 12.0 Å². The number of esters is 1. The zero-order valence-electron chi connectivity index (χ0n) is 14.8. The fourth-order valence-corrected chi connectivity index (χ4v) is 3.47. The molecule has 0 aromatic heterocycles. The number of amides is 1. The molecule has 0 aliphatic carbocycles. The van der Waals surface area contributed by atoms with Crippen LogP contribution < -0.4 is 0 Å². The average molecular weight is 379 g/mol. The van der Waals surface area contributed by atoms with Crippen LogP contribution in [0.1, 0.15) is 31.4 Å². The molecule has 1 fully saturated rings. The van der Waals surface area contributed by atoms with Crippen LogP contribution >= 0.6 is 0 Å². The number of halogens is 3. The number of carbonyl (C=O) groups excluding carboxylic acids is 2. The van der Waals surface area contributed by atoms with Crippen LogP contribution in [0, 0.1) is 5.92 Å². The van der Waals surface area contributed by atoms with Gasteiger partial charge in [0.25, 0.3) is 0 Å². The minimum atomic E-state index is -4.66. The van der Waals surface area contributed by atoms with Crippen LogP contribution in [0.4, 0.5) is 13.2 Å². The fourth-order valence-electron chi connectivity index (χ4n) is 3.47. The summed E-state index contributed by atoms with van der Waals surface area (Å²) in [5.41, 5.74) is 0.859. The van der Waals surface area contributed by atoms with Crippen molar-refractivity contribution in [2.45, 2.75) is 32.0 Å². The Balaban J connectivity index is 1.83. The van der Waals surface area contributed by atoms with E-state index < -0.39 is 24.7 Å². The molecule has 0 bridgehead atoms. The number of ether oxygens (including phenoxy) is 1. The number of nitrogens with zero attached hydrogens (tertiary/aromatic N) is 1. The van der Waals surface area contributed by atoms with Crippen molar-refractivity contribution in [3.63, 3.8) is 0 Å². The lowest BCUT2D eigenvalue weighted by Crippen LogP contribution is -2.45. The molecule has 1 aliphatic rings. The summed E-state index contributed by atoms with van der Waals surface area (Å²) in [6.45, 7) is 0.483. The Hall–Kier alpha value is -2.57. The summed E-state index contributed by atoms with van der Waals surface area (Å²) in [4.78, 5) is 25.7. The van der Waals surface area contributed by atoms with Gasteiger partial charge in [0.15, 0.2) is 6.61 Å². The monoisotopic (exact) mass is 379 g/mol. The van der Waals surface area contributed by atoms with Gasteiger partial charge in [0.05, 0.1) is 6.04 Å². The Morgan fingerprint density at radius 3 is 2.52 bits per heavy atom. The molecule has 2 aromatic rings. The molecule has 0 saturated carbocycles. The van der Waals surface area contributed by atoms with Gasteiger partial charge in [-0.1, -0.05) is 43.3 Å². The zero-order chi connectivity index (χ0) is 19.6. The molecule has 1 aliphatic heterocycles. The maximum atomic E-state index is 12.5. The minimum absolute atomic E-state index is 0.154. The molecule has 0 N–H and O–H groups in total. The Bertz CT molecular complexity index is 850. The summed E-state index contributed by atoms with van der Waals surface area (Å²) in [6, 6.07) is 13.2. The SMILES string of the molecule is C[C@H]1CC[C@H](c2ccc3ccccc3c2)N(C(=O)C(=O)OCC(F)(F)F)C1. The largest absolute Gasteiger partial charge is 0.449 e. The van der Waals surface area contributed by atoms with Gasteiger partial charge in [-0.15, -0.1) is 0 Å². The summed E-state index contributed by atoms with van der Waals surface area (Å²) >= 11 is 0. The van der Waals surface area contributed by atoms with E-state index in [1.165, 1.54) is 4.90 Å². The lowest BCUT2D eigenvalue weighted by atomic mass is 9.89. The van der Waals surface area contributed by atoms with Crippen LogP contribution in [0.15, 0.2) is 42.5 Å². The van der Waals surface area contributed by atoms with E-state index in [1.54, 1.807) is 0 Å². The Kier molecular flexibility index (Phi) is 5.39. The number of piperidine rings is 1. The highest BCUT2D eigenvalue weighted by atomic mass is 19.4. The molecule has 3 rings (SSSR count). The number of hydrogen-bond donors (Lipinski definition) is 0. The third kappa shape index (κ3) is 4.59. The third-order valence-electron chi connectivity index (χ3n) is 4.78. The second-order valence-electron chi connectivity index (χ2n) is 6.95. The van der Waals surface area contributed by atoms with E-state index in [0.29, 0.717) is 13.0 Å². The van der Waals surface area contributed by atoms with Gasteiger partial charge in [0.2, 0.25) is 0 Å². The lowest BCUT2D eigenvalue weighted by molar-refractivity contribution is -0.190. The predicted octanol–water partition coefficient (Wildman–Crippen LogP) is 4.24. The van der Waals surface area contributed by atoms with E-state index in [4.69, 9.17) is 0 Å². The minimum Gasteiger partial charge on any atom is -0.449 e. The highest BCUT2D eigenvalue weighted by molar-refractivity contribution is 6.32. The van der Waals surface area contributed by atoms with Crippen molar-refractivity contribution < 1.29 is 27.5 Å². The fraction of sp³-hybridized carbons (Fsp3) is 0.400. The van der Waals surface area contributed by atoms with Gasteiger partial charge in [-0.3, -0.25) is 4.79 Å². The number of likely N-dealkylation sites (tertiary alicyclic amines) is 1. The Morgan fingerprint density at radius 2 is 1.81 bits per heavy atom. The van der Waals surface area contributed by atoms with E-state index in [9.17, 15) is 22.8 Å². The van der Waals surface area contributed by atoms with Gasteiger partial charge in [0.1, 0.15) is 0 Å². The van der Waals surface area contributed by atoms with Crippen molar-refractivity contribution in [1.82, 2.24) is 4.90 Å². The van der Waals surface area contributed by atoms with E-state index in [2.05, 4.69) is 4.74 Å². The molecule has 0 spiro atoms. The predicted molar refractivity (Wildman–Crippen MR) is 93.8 cm³/mol. The average Bonchev–Trinajstić information content (AvgIpc) is 2.64. The summed E-state index contributed by atoms with van der Waals surface area (Å²) < 4.78 is 41.0. The molecule has 144 valence electrons. The van der Waals surface area contributed by atoms with Crippen molar-refractivity contribution in [3.8, 4) is 0 Å². The van der Waals surface area contributed by atoms with Crippen LogP contribution in [0.2, 0.25) is 0 Å². The topological polar surface area (TPSA) is 46.6 Å². The normalized spacial score (nSPS) is 20.5. The number of rotatable bonds is 2. The highest BCUT2D eigenvalue weighted by Crippen LogP contribution is 2.34. The van der Waals surface area contributed by atoms with Gasteiger partial charge < -0.3 is 9.64 Å². The van der Waals surface area contributed by atoms with Crippen molar-refractivity contribution in [1.29, 1.82) is 0 Å². The first-order valence-corrected chi connectivity index (χ1v) is 8.78. The molecular formula is C20H20F3NO3. The van der Waals surface area contributed by atoms with Crippen molar-refractivity contribution >= 4 is 22.6 Å². The van der Waals surface area contributed by atoms with Crippen molar-refractivity contribution in [2.75, 3.05) is 13.2 Å². The van der Waals surface area contributed by atoms with Crippen LogP contribution in [0.25, 0.3) is 10.8 Å². The zero-order valence-corrected chi connectivity index (χ0v) is 14.8. The van der Waals surface area contributed by atoms with E-state index in [0.717, 1.165) is 22.8 Å². The van der Waals surface area contributed by atoms with E-state index >= 15 is 0 Å². The number of fused-ring (bicyclic) bond motifs is 1. The maximum absolute atomic E-state index is 12.5. The first kappa shape index (κ1) is 19.2. The molecule has 4 nitrogen and oxygen atoms in total. The van der Waals surface area contributed by atoms with Crippen molar-refractivity contribution in [2.24, 2.45) is 5.92 Å². The summed E-state index contributed by atoms with van der Waals surface area (Å²) in [5, 5.41) is 2.05. The number of hydrogen-bond acceptors (Lipinski definition) is 3. The quantitative estimate of drug-likeness (QED) is 0.579. The highest BCUT2D eigenvalue weighted by Gasteiger charge is 2.37. The molecule has 1 saturated heterocycles. The van der Waals surface area contributed by atoms with Gasteiger partial charge in [-0.25, -0.2) is 4.79 Å². The van der Waals surface area contributed by atoms with Crippen LogP contribution in [0.3, 0.4) is 0 Å². The van der Waals surface area contributed by atoms with Gasteiger partial charge in [-0.05, 0) is 41.2 Å². The summed E-state index contributed by atoms with van der Waals surface area (Å²) in [5.74, 6) is -2.34. The molecular weight excluding hydrogens is 359 g/mol. The van der Waals surface area contributed by atoms with Gasteiger partial charge in [0, 0.05) is 6.54 Å². The molecule has 2 aromatic carbocycles. The van der Waals surface area contributed by atoms with Crippen molar-refractivity contribution in [3.05, 3.63) is 48.0 Å². The second-order valence-corrected chi connectivity index (χ2v) is 6.95. The third-order valence-corrected chi connectivity index (χ3v) is 4.78. The standard InChI is InChI=1S/C20H20F3NO3/c1-13-6-9-17(16-8-7-14-4-2-3-5-15(14)10-16)24(11-13)18(25)19(26)27-12-20(21,22)23/h2-5,7-8,10,13,17H,6,9,11-12H2,1H3/t13-,17+/m0/s1. The van der Waals surface area contributed by atoms with Gasteiger partial charge >= 0.3 is 18.1 Å². The molecule has 0 unspecified atom stereocenters. The van der Waals surface area contributed by atoms with Crippen LogP contribution in [-0.4, -0.2) is 36.1 Å².